The predicted molar refractivity (Wildman–Crippen MR) is 104 cm³/mol. The minimum Gasteiger partial charge on any atom is -0.292 e. The Labute approximate surface area is 162 Å². The molecular weight excluding hydrogens is 384 g/mol. The number of benzene rings is 1. The van der Waals surface area contributed by atoms with Crippen LogP contribution >= 0.6 is 11.3 Å². The maximum atomic E-state index is 13.4. The molecule has 1 amide bonds. The number of sulfone groups is 1. The molecule has 6 nitrogen and oxygen atoms in total. The van der Waals surface area contributed by atoms with Crippen molar-refractivity contribution in [3.05, 3.63) is 41.8 Å². The van der Waals surface area contributed by atoms with Gasteiger partial charge in [0.05, 0.1) is 6.54 Å². The molecule has 0 bridgehead atoms. The van der Waals surface area contributed by atoms with Crippen LogP contribution in [0.4, 0.5) is 0 Å². The molecule has 1 fully saturated rings. The Bertz CT molecular complexity index is 953. The average molecular weight is 405 g/mol. The molecule has 2 heterocycles. The molecule has 1 aromatic heterocycles. The van der Waals surface area contributed by atoms with Gasteiger partial charge >= 0.3 is 0 Å². The topological polar surface area (TPSA) is 86.7 Å². The van der Waals surface area contributed by atoms with E-state index >= 15 is 0 Å². The highest BCUT2D eigenvalue weighted by Crippen LogP contribution is 2.39. The van der Waals surface area contributed by atoms with Crippen molar-refractivity contribution >= 4 is 27.1 Å². The van der Waals surface area contributed by atoms with Crippen LogP contribution in [0.25, 0.3) is 11.1 Å². The summed E-state index contributed by atoms with van der Waals surface area (Å²) in [5, 5.41) is 11.0. The number of thiophene rings is 1. The summed E-state index contributed by atoms with van der Waals surface area (Å²) in [4.78, 5) is 14.4. The van der Waals surface area contributed by atoms with E-state index in [1.165, 1.54) is 0 Å². The first-order valence-corrected chi connectivity index (χ1v) is 10.8. The van der Waals surface area contributed by atoms with E-state index in [2.05, 4.69) is 5.92 Å². The molecule has 0 spiro atoms. The number of hydroxylamine groups is 1. The highest BCUT2D eigenvalue weighted by atomic mass is 32.2. The number of likely N-dealkylation sites (tertiary alicyclic amines) is 1. The molecule has 0 atom stereocenters. The number of hydrogen-bond acceptors (Lipinski definition) is 6. The van der Waals surface area contributed by atoms with E-state index in [0.29, 0.717) is 19.6 Å². The minimum atomic E-state index is -3.99. The van der Waals surface area contributed by atoms with E-state index in [4.69, 9.17) is 6.42 Å². The normalized spacial score (nSPS) is 17.2. The molecule has 0 unspecified atom stereocenters. The van der Waals surface area contributed by atoms with Crippen LogP contribution < -0.4 is 5.48 Å². The van der Waals surface area contributed by atoms with Crippen LogP contribution in [0, 0.1) is 12.3 Å². The molecule has 0 radical (unpaired) electrons. The van der Waals surface area contributed by atoms with Crippen molar-refractivity contribution in [3.8, 4) is 23.5 Å². The molecular formula is C19H20N2O4S2. The van der Waals surface area contributed by atoms with Crippen molar-refractivity contribution < 1.29 is 18.4 Å². The number of rotatable bonds is 5. The summed E-state index contributed by atoms with van der Waals surface area (Å²) in [5.41, 5.74) is 3.25. The van der Waals surface area contributed by atoms with Crippen LogP contribution in [-0.4, -0.2) is 48.8 Å². The Hall–Kier alpha value is -2.18. The molecule has 0 aliphatic carbocycles. The van der Waals surface area contributed by atoms with Crippen molar-refractivity contribution in [1.82, 2.24) is 10.4 Å². The average Bonchev–Trinajstić information content (AvgIpc) is 3.20. The van der Waals surface area contributed by atoms with E-state index in [1.54, 1.807) is 16.9 Å². The van der Waals surface area contributed by atoms with Crippen LogP contribution in [0.2, 0.25) is 0 Å². The second kappa shape index (κ2) is 7.82. The van der Waals surface area contributed by atoms with Gasteiger partial charge in [-0.2, -0.15) is 0 Å². The molecule has 2 N–H and O–H groups in total. The number of nitrogens with zero attached hydrogens (tertiary/aromatic N) is 1. The van der Waals surface area contributed by atoms with Crippen LogP contribution in [0.5, 0.6) is 0 Å². The van der Waals surface area contributed by atoms with Gasteiger partial charge < -0.3 is 0 Å². The first kappa shape index (κ1) is 19.6. The molecule has 3 rings (SSSR count). The highest BCUT2D eigenvalue weighted by Gasteiger charge is 2.53. The zero-order chi connectivity index (χ0) is 19.5. The molecule has 0 saturated carbocycles. The molecule has 2 aromatic rings. The largest absolute Gasteiger partial charge is 0.292 e. The molecule has 27 heavy (non-hydrogen) atoms. The van der Waals surface area contributed by atoms with Crippen LogP contribution in [0.1, 0.15) is 12.8 Å². The van der Waals surface area contributed by atoms with Gasteiger partial charge in [-0.25, -0.2) is 13.9 Å². The van der Waals surface area contributed by atoms with Gasteiger partial charge in [-0.1, -0.05) is 36.3 Å². The second-order valence-corrected chi connectivity index (χ2v) is 9.84. The van der Waals surface area contributed by atoms with Gasteiger partial charge in [0, 0.05) is 13.1 Å². The third-order valence-electron chi connectivity index (χ3n) is 4.96. The summed E-state index contributed by atoms with van der Waals surface area (Å²) in [6.07, 6.45) is 5.46. The lowest BCUT2D eigenvalue weighted by Gasteiger charge is -2.38. The number of nitrogens with one attached hydrogen (secondary N) is 1. The predicted octanol–water partition coefficient (Wildman–Crippen LogP) is 2.16. The van der Waals surface area contributed by atoms with E-state index in [0.717, 1.165) is 22.5 Å². The number of terminal acetylenes is 1. The fraction of sp³-hybridized carbons (Fsp3) is 0.316. The number of piperidine rings is 1. The van der Waals surface area contributed by atoms with Gasteiger partial charge in [-0.15, -0.1) is 17.8 Å². The van der Waals surface area contributed by atoms with Crippen LogP contribution in [0.15, 0.2) is 46.0 Å². The fourth-order valence-electron chi connectivity index (χ4n) is 3.35. The molecule has 142 valence electrons. The summed E-state index contributed by atoms with van der Waals surface area (Å²) in [7, 11) is -3.99. The van der Waals surface area contributed by atoms with Gasteiger partial charge in [0.25, 0.3) is 5.91 Å². The van der Waals surface area contributed by atoms with Gasteiger partial charge in [0.1, 0.15) is 4.21 Å². The quantitative estimate of drug-likeness (QED) is 0.453. The maximum Gasteiger partial charge on any atom is 0.265 e. The summed E-state index contributed by atoms with van der Waals surface area (Å²) in [6.45, 7) is 1.13. The molecule has 1 saturated heterocycles. The van der Waals surface area contributed by atoms with Crippen molar-refractivity contribution in [2.45, 2.75) is 21.8 Å². The number of hydrogen-bond donors (Lipinski definition) is 2. The fourth-order valence-corrected chi connectivity index (χ4v) is 6.80. The lowest BCUT2D eigenvalue weighted by molar-refractivity contribution is -0.133. The SMILES string of the molecule is C#CCN1CCC(C(=O)NO)(S(=O)(=O)c2cc(-c3ccccc3)cs2)CC1. The Balaban J connectivity index is 1.97. The minimum absolute atomic E-state index is 0.0714. The van der Waals surface area contributed by atoms with Gasteiger partial charge in [-0.3, -0.25) is 14.9 Å². The number of carbonyl (C=O) groups is 1. The molecule has 1 aromatic carbocycles. The van der Waals surface area contributed by atoms with E-state index in [1.807, 2.05) is 35.2 Å². The standard InChI is InChI=1S/C19H20N2O4S2/c1-2-10-21-11-8-19(9-12-21,18(22)20-23)27(24,25)17-13-16(14-26-17)15-6-4-3-5-7-15/h1,3-7,13-14,23H,8-12H2,(H,20,22). The van der Waals surface area contributed by atoms with Gasteiger partial charge in [0.15, 0.2) is 4.75 Å². The summed E-state index contributed by atoms with van der Waals surface area (Å²) < 4.78 is 25.2. The number of carbonyl (C=O) groups excluding carboxylic acids is 1. The Kier molecular flexibility index (Phi) is 5.67. The molecule has 8 heteroatoms. The van der Waals surface area contributed by atoms with Gasteiger partial charge in [-0.05, 0) is 35.4 Å². The Morgan fingerprint density at radius 2 is 1.93 bits per heavy atom. The van der Waals surface area contributed by atoms with E-state index in [9.17, 15) is 18.4 Å². The third-order valence-corrected chi connectivity index (χ3v) is 8.89. The summed E-state index contributed by atoms with van der Waals surface area (Å²) in [5.74, 6) is 1.64. The van der Waals surface area contributed by atoms with E-state index < -0.39 is 20.5 Å². The zero-order valence-corrected chi connectivity index (χ0v) is 16.2. The first-order chi connectivity index (χ1) is 12.9. The van der Waals surface area contributed by atoms with Crippen molar-refractivity contribution in [2.24, 2.45) is 0 Å². The zero-order valence-electron chi connectivity index (χ0n) is 14.6. The van der Waals surface area contributed by atoms with Crippen molar-refractivity contribution in [1.29, 1.82) is 0 Å². The maximum absolute atomic E-state index is 13.4. The third kappa shape index (κ3) is 3.51. The van der Waals surface area contributed by atoms with Crippen LogP contribution in [-0.2, 0) is 14.6 Å². The van der Waals surface area contributed by atoms with Crippen LogP contribution in [0.3, 0.4) is 0 Å². The highest BCUT2D eigenvalue weighted by molar-refractivity contribution is 7.95. The van der Waals surface area contributed by atoms with Gasteiger partial charge in [0.2, 0.25) is 9.84 Å². The Morgan fingerprint density at radius 3 is 2.52 bits per heavy atom. The van der Waals surface area contributed by atoms with E-state index in [-0.39, 0.29) is 17.1 Å². The lowest BCUT2D eigenvalue weighted by Crippen LogP contribution is -2.57. The second-order valence-electron chi connectivity index (χ2n) is 6.44. The Morgan fingerprint density at radius 1 is 1.26 bits per heavy atom. The number of amides is 1. The monoisotopic (exact) mass is 404 g/mol. The molecule has 1 aliphatic rings. The van der Waals surface area contributed by atoms with Crippen molar-refractivity contribution in [3.63, 3.8) is 0 Å². The molecule has 1 aliphatic heterocycles. The van der Waals surface area contributed by atoms with Crippen molar-refractivity contribution in [2.75, 3.05) is 19.6 Å². The first-order valence-electron chi connectivity index (χ1n) is 8.43. The smallest absolute Gasteiger partial charge is 0.265 e. The summed E-state index contributed by atoms with van der Waals surface area (Å²) >= 11 is 1.09. The lowest BCUT2D eigenvalue weighted by atomic mass is 9.95. The summed E-state index contributed by atoms with van der Waals surface area (Å²) in [6, 6.07) is 11.0.